The van der Waals surface area contributed by atoms with Crippen LogP contribution < -0.4 is 5.32 Å². The van der Waals surface area contributed by atoms with E-state index in [2.05, 4.69) is 15.5 Å². The molecule has 0 aliphatic carbocycles. The van der Waals surface area contributed by atoms with Crippen molar-refractivity contribution < 1.29 is 13.7 Å². The lowest BCUT2D eigenvalue weighted by atomic mass is 10.2. The van der Waals surface area contributed by atoms with Gasteiger partial charge in [0.15, 0.2) is 0 Å². The van der Waals surface area contributed by atoms with Gasteiger partial charge < -0.3 is 14.3 Å². The van der Waals surface area contributed by atoms with Gasteiger partial charge in [-0.15, -0.1) is 0 Å². The van der Waals surface area contributed by atoms with Gasteiger partial charge in [0.05, 0.1) is 12.1 Å². The largest absolute Gasteiger partial charge is 0.466 e. The minimum Gasteiger partial charge on any atom is -0.466 e. The van der Waals surface area contributed by atoms with E-state index in [4.69, 9.17) is 20.5 Å². The number of amides is 1. The molecule has 0 atom stereocenters. The summed E-state index contributed by atoms with van der Waals surface area (Å²) in [5, 5.41) is 7.20. The molecule has 0 aliphatic rings. The predicted molar refractivity (Wildman–Crippen MR) is 84.1 cm³/mol. The van der Waals surface area contributed by atoms with Crippen molar-refractivity contribution in [3.63, 3.8) is 0 Å². The van der Waals surface area contributed by atoms with Gasteiger partial charge in [0.1, 0.15) is 11.5 Å². The standard InChI is InChI=1S/C16H14ClN3O3/c1-9-6-13(10(2)22-9)16(21)18-8-14-19-15(20-23-14)11-4-3-5-12(17)7-11/h3-7H,8H2,1-2H3,(H,18,21). The third-order valence-electron chi connectivity index (χ3n) is 3.24. The van der Waals surface area contributed by atoms with Gasteiger partial charge in [0, 0.05) is 10.6 Å². The molecule has 2 aromatic heterocycles. The zero-order chi connectivity index (χ0) is 16.4. The van der Waals surface area contributed by atoms with Crippen LogP contribution in [-0.2, 0) is 6.54 Å². The quantitative estimate of drug-likeness (QED) is 0.791. The first-order chi connectivity index (χ1) is 11.0. The van der Waals surface area contributed by atoms with Crippen LogP contribution >= 0.6 is 11.6 Å². The summed E-state index contributed by atoms with van der Waals surface area (Å²) < 4.78 is 10.5. The van der Waals surface area contributed by atoms with Gasteiger partial charge >= 0.3 is 0 Å². The van der Waals surface area contributed by atoms with Crippen molar-refractivity contribution in [2.24, 2.45) is 0 Å². The lowest BCUT2D eigenvalue weighted by molar-refractivity contribution is 0.0944. The van der Waals surface area contributed by atoms with Gasteiger partial charge in [-0.2, -0.15) is 4.98 Å². The van der Waals surface area contributed by atoms with Gasteiger partial charge in [-0.05, 0) is 32.0 Å². The van der Waals surface area contributed by atoms with Crippen LogP contribution in [0.4, 0.5) is 0 Å². The molecule has 0 aliphatic heterocycles. The Morgan fingerprint density at radius 1 is 1.30 bits per heavy atom. The minimum absolute atomic E-state index is 0.135. The monoisotopic (exact) mass is 331 g/mol. The summed E-state index contributed by atoms with van der Waals surface area (Å²) in [7, 11) is 0. The molecule has 1 N–H and O–H groups in total. The van der Waals surface area contributed by atoms with Gasteiger partial charge in [-0.1, -0.05) is 28.9 Å². The Hall–Kier alpha value is -2.60. The molecule has 2 heterocycles. The van der Waals surface area contributed by atoms with E-state index >= 15 is 0 Å². The van der Waals surface area contributed by atoms with Gasteiger partial charge in [-0.3, -0.25) is 4.79 Å². The second-order valence-corrected chi connectivity index (χ2v) is 5.47. The topological polar surface area (TPSA) is 81.2 Å². The summed E-state index contributed by atoms with van der Waals surface area (Å²) in [6, 6.07) is 8.83. The van der Waals surface area contributed by atoms with Crippen molar-refractivity contribution in [2.45, 2.75) is 20.4 Å². The number of halogens is 1. The van der Waals surface area contributed by atoms with Gasteiger partial charge in [0.2, 0.25) is 11.7 Å². The van der Waals surface area contributed by atoms with E-state index < -0.39 is 0 Å². The van der Waals surface area contributed by atoms with Crippen molar-refractivity contribution >= 4 is 17.5 Å². The molecule has 0 saturated carbocycles. The summed E-state index contributed by atoms with van der Waals surface area (Å²) >= 11 is 5.94. The number of nitrogens with zero attached hydrogens (tertiary/aromatic N) is 2. The highest BCUT2D eigenvalue weighted by atomic mass is 35.5. The number of aromatic nitrogens is 2. The van der Waals surface area contributed by atoms with E-state index in [1.54, 1.807) is 38.1 Å². The van der Waals surface area contributed by atoms with Crippen molar-refractivity contribution in [2.75, 3.05) is 0 Å². The van der Waals surface area contributed by atoms with E-state index in [9.17, 15) is 4.79 Å². The maximum Gasteiger partial charge on any atom is 0.255 e. The van der Waals surface area contributed by atoms with Crippen LogP contribution in [-0.4, -0.2) is 16.0 Å². The van der Waals surface area contributed by atoms with Crippen LogP contribution in [0, 0.1) is 13.8 Å². The molecule has 1 aromatic carbocycles. The average molecular weight is 332 g/mol. The number of carbonyl (C=O) groups excluding carboxylic acids is 1. The van der Waals surface area contributed by atoms with Crippen molar-refractivity contribution in [3.8, 4) is 11.4 Å². The molecule has 0 unspecified atom stereocenters. The summed E-state index contributed by atoms with van der Waals surface area (Å²) in [6.07, 6.45) is 0. The minimum atomic E-state index is -0.248. The second-order valence-electron chi connectivity index (χ2n) is 5.03. The fourth-order valence-corrected chi connectivity index (χ4v) is 2.37. The number of carbonyl (C=O) groups is 1. The zero-order valence-electron chi connectivity index (χ0n) is 12.6. The number of nitrogens with one attached hydrogen (secondary N) is 1. The molecular weight excluding hydrogens is 318 g/mol. The fraction of sp³-hybridized carbons (Fsp3) is 0.188. The summed E-state index contributed by atoms with van der Waals surface area (Å²) in [4.78, 5) is 16.3. The number of aryl methyl sites for hydroxylation is 2. The predicted octanol–water partition coefficient (Wildman–Crippen LogP) is 3.53. The van der Waals surface area contributed by atoms with Crippen molar-refractivity contribution in [1.82, 2.24) is 15.5 Å². The van der Waals surface area contributed by atoms with E-state index in [0.717, 1.165) is 5.56 Å². The molecule has 3 rings (SSSR count). The highest BCUT2D eigenvalue weighted by Gasteiger charge is 2.15. The lowest BCUT2D eigenvalue weighted by Crippen LogP contribution is -2.23. The van der Waals surface area contributed by atoms with Crippen LogP contribution in [0.3, 0.4) is 0 Å². The molecule has 0 saturated heterocycles. The number of hydrogen-bond acceptors (Lipinski definition) is 5. The Balaban J connectivity index is 1.68. The van der Waals surface area contributed by atoms with Crippen molar-refractivity contribution in [1.29, 1.82) is 0 Å². The van der Waals surface area contributed by atoms with E-state index in [1.807, 2.05) is 6.07 Å². The highest BCUT2D eigenvalue weighted by molar-refractivity contribution is 6.30. The highest BCUT2D eigenvalue weighted by Crippen LogP contribution is 2.20. The molecule has 3 aromatic rings. The summed E-state index contributed by atoms with van der Waals surface area (Å²) in [5.41, 5.74) is 1.25. The molecule has 0 radical (unpaired) electrons. The smallest absolute Gasteiger partial charge is 0.255 e. The number of rotatable bonds is 4. The molecule has 0 fully saturated rings. The normalized spacial score (nSPS) is 10.7. The molecule has 0 spiro atoms. The van der Waals surface area contributed by atoms with Crippen LogP contribution in [0.25, 0.3) is 11.4 Å². The Labute approximate surface area is 137 Å². The maximum atomic E-state index is 12.1. The molecule has 118 valence electrons. The van der Waals surface area contributed by atoms with Crippen LogP contribution in [0.5, 0.6) is 0 Å². The van der Waals surface area contributed by atoms with Crippen LogP contribution in [0.2, 0.25) is 5.02 Å². The average Bonchev–Trinajstić information content (AvgIpc) is 3.11. The second kappa shape index (κ2) is 6.26. The maximum absolute atomic E-state index is 12.1. The Kier molecular flexibility index (Phi) is 4.16. The lowest BCUT2D eigenvalue weighted by Gasteiger charge is -2.00. The first-order valence-electron chi connectivity index (χ1n) is 6.96. The number of furan rings is 1. The van der Waals surface area contributed by atoms with Crippen LogP contribution in [0.1, 0.15) is 27.8 Å². The third-order valence-corrected chi connectivity index (χ3v) is 3.47. The van der Waals surface area contributed by atoms with E-state index in [1.165, 1.54) is 0 Å². The van der Waals surface area contributed by atoms with E-state index in [-0.39, 0.29) is 12.5 Å². The fourth-order valence-electron chi connectivity index (χ4n) is 2.18. The Bertz CT molecular complexity index is 854. The first-order valence-corrected chi connectivity index (χ1v) is 7.34. The Morgan fingerprint density at radius 2 is 2.13 bits per heavy atom. The molecule has 23 heavy (non-hydrogen) atoms. The molecule has 7 heteroatoms. The number of benzene rings is 1. The van der Waals surface area contributed by atoms with Crippen molar-refractivity contribution in [3.05, 3.63) is 58.3 Å². The van der Waals surface area contributed by atoms with Crippen LogP contribution in [0.15, 0.2) is 39.3 Å². The zero-order valence-corrected chi connectivity index (χ0v) is 13.3. The van der Waals surface area contributed by atoms with E-state index in [0.29, 0.717) is 33.8 Å². The SMILES string of the molecule is Cc1cc(C(=O)NCc2nc(-c3cccc(Cl)c3)no2)c(C)o1. The Morgan fingerprint density at radius 3 is 2.83 bits per heavy atom. The molecular formula is C16H14ClN3O3. The molecule has 6 nitrogen and oxygen atoms in total. The summed E-state index contributed by atoms with van der Waals surface area (Å²) in [6.45, 7) is 3.67. The summed E-state index contributed by atoms with van der Waals surface area (Å²) in [5.74, 6) is 1.75. The number of hydrogen-bond donors (Lipinski definition) is 1. The third kappa shape index (κ3) is 3.43. The molecule has 0 bridgehead atoms. The van der Waals surface area contributed by atoms with Gasteiger partial charge in [-0.25, -0.2) is 0 Å². The van der Waals surface area contributed by atoms with Gasteiger partial charge in [0.25, 0.3) is 5.91 Å². The first kappa shape index (κ1) is 15.3. The molecule has 1 amide bonds.